The van der Waals surface area contributed by atoms with Crippen molar-refractivity contribution in [2.24, 2.45) is 5.92 Å². The van der Waals surface area contributed by atoms with Crippen LogP contribution < -0.4 is 10.6 Å². The van der Waals surface area contributed by atoms with Crippen molar-refractivity contribution in [3.05, 3.63) is 0 Å². The van der Waals surface area contributed by atoms with Crippen molar-refractivity contribution in [2.45, 2.75) is 38.6 Å². The number of carboxylic acids is 1. The SMILES string of the molecule is CC(NC(=O)NC(=O)CCC(=O)O)C1CC1. The summed E-state index contributed by atoms with van der Waals surface area (Å²) in [6.07, 6.45) is 1.76. The molecule has 1 atom stereocenters. The van der Waals surface area contributed by atoms with E-state index in [1.54, 1.807) is 0 Å². The average Bonchev–Trinajstić information content (AvgIpc) is 2.97. The molecule has 6 heteroatoms. The van der Waals surface area contributed by atoms with E-state index in [1.165, 1.54) is 0 Å². The zero-order chi connectivity index (χ0) is 12.1. The number of imide groups is 1. The Hall–Kier alpha value is -1.59. The van der Waals surface area contributed by atoms with E-state index in [2.05, 4.69) is 10.6 Å². The largest absolute Gasteiger partial charge is 0.481 e. The summed E-state index contributed by atoms with van der Waals surface area (Å²) in [6.45, 7) is 1.89. The van der Waals surface area contributed by atoms with Crippen LogP contribution >= 0.6 is 0 Å². The Balaban J connectivity index is 2.17. The van der Waals surface area contributed by atoms with Gasteiger partial charge in [-0.15, -0.1) is 0 Å². The third-order valence-electron chi connectivity index (χ3n) is 2.51. The number of carbonyl (C=O) groups is 3. The normalized spacial score (nSPS) is 16.3. The molecule has 6 nitrogen and oxygen atoms in total. The van der Waals surface area contributed by atoms with Gasteiger partial charge in [0.15, 0.2) is 0 Å². The number of aliphatic carboxylic acids is 1. The van der Waals surface area contributed by atoms with E-state index in [1.807, 2.05) is 6.92 Å². The zero-order valence-corrected chi connectivity index (χ0v) is 9.16. The molecule has 1 aliphatic rings. The van der Waals surface area contributed by atoms with Gasteiger partial charge in [0.25, 0.3) is 0 Å². The fourth-order valence-electron chi connectivity index (χ4n) is 1.37. The lowest BCUT2D eigenvalue weighted by molar-refractivity contribution is -0.138. The van der Waals surface area contributed by atoms with E-state index in [9.17, 15) is 14.4 Å². The highest BCUT2D eigenvalue weighted by Crippen LogP contribution is 2.32. The number of hydrogen-bond acceptors (Lipinski definition) is 3. The van der Waals surface area contributed by atoms with E-state index in [0.717, 1.165) is 12.8 Å². The van der Waals surface area contributed by atoms with Gasteiger partial charge in [-0.25, -0.2) is 4.79 Å². The third-order valence-corrected chi connectivity index (χ3v) is 2.51. The lowest BCUT2D eigenvalue weighted by atomic mass is 10.2. The van der Waals surface area contributed by atoms with Crippen LogP contribution in [0.4, 0.5) is 4.79 Å². The Morgan fingerprint density at radius 2 is 1.94 bits per heavy atom. The molecule has 0 radical (unpaired) electrons. The van der Waals surface area contributed by atoms with Gasteiger partial charge in [0, 0.05) is 12.5 Å². The van der Waals surface area contributed by atoms with E-state index < -0.39 is 17.9 Å². The lowest BCUT2D eigenvalue weighted by Gasteiger charge is -2.12. The molecule has 90 valence electrons. The Bertz CT molecular complexity index is 299. The molecular formula is C10H16N2O4. The number of carboxylic acid groups (broad SMARTS) is 1. The van der Waals surface area contributed by atoms with Crippen LogP contribution in [0.2, 0.25) is 0 Å². The maximum atomic E-state index is 11.3. The number of urea groups is 1. The monoisotopic (exact) mass is 228 g/mol. The van der Waals surface area contributed by atoms with Crippen LogP contribution in [-0.2, 0) is 9.59 Å². The Morgan fingerprint density at radius 1 is 1.31 bits per heavy atom. The molecule has 1 fully saturated rings. The van der Waals surface area contributed by atoms with Crippen LogP contribution in [0.25, 0.3) is 0 Å². The highest BCUT2D eigenvalue weighted by molar-refractivity contribution is 5.95. The molecular weight excluding hydrogens is 212 g/mol. The van der Waals surface area contributed by atoms with Crippen molar-refractivity contribution in [1.82, 2.24) is 10.6 Å². The van der Waals surface area contributed by atoms with Gasteiger partial charge < -0.3 is 10.4 Å². The van der Waals surface area contributed by atoms with Crippen molar-refractivity contribution in [2.75, 3.05) is 0 Å². The second-order valence-electron chi connectivity index (χ2n) is 4.04. The van der Waals surface area contributed by atoms with E-state index in [0.29, 0.717) is 5.92 Å². The zero-order valence-electron chi connectivity index (χ0n) is 9.16. The number of rotatable bonds is 5. The summed E-state index contributed by atoms with van der Waals surface area (Å²) >= 11 is 0. The highest BCUT2D eigenvalue weighted by atomic mass is 16.4. The molecule has 0 heterocycles. The molecule has 0 aliphatic heterocycles. The molecule has 3 amide bonds. The standard InChI is InChI=1S/C10H16N2O4/c1-6(7-2-3-7)11-10(16)12-8(13)4-5-9(14)15/h6-7H,2-5H2,1H3,(H,14,15)(H2,11,12,13,16). The molecule has 3 N–H and O–H groups in total. The van der Waals surface area contributed by atoms with Crippen LogP contribution in [0, 0.1) is 5.92 Å². The van der Waals surface area contributed by atoms with Crippen molar-refractivity contribution < 1.29 is 19.5 Å². The molecule has 0 spiro atoms. The van der Waals surface area contributed by atoms with E-state index >= 15 is 0 Å². The van der Waals surface area contributed by atoms with Crippen LogP contribution in [0.3, 0.4) is 0 Å². The summed E-state index contributed by atoms with van der Waals surface area (Å²) in [6, 6.07) is -0.484. The first-order valence-electron chi connectivity index (χ1n) is 5.31. The molecule has 0 saturated heterocycles. The van der Waals surface area contributed by atoms with Crippen molar-refractivity contribution in [3.8, 4) is 0 Å². The maximum Gasteiger partial charge on any atom is 0.321 e. The summed E-state index contributed by atoms with van der Waals surface area (Å²) in [5.41, 5.74) is 0. The predicted octanol–water partition coefficient (Wildman–Crippen LogP) is 0.475. The van der Waals surface area contributed by atoms with Gasteiger partial charge in [-0.2, -0.15) is 0 Å². The molecule has 1 aliphatic carbocycles. The Morgan fingerprint density at radius 3 is 2.44 bits per heavy atom. The number of amides is 3. The fourth-order valence-corrected chi connectivity index (χ4v) is 1.37. The quantitative estimate of drug-likeness (QED) is 0.637. The van der Waals surface area contributed by atoms with Crippen LogP contribution in [0.5, 0.6) is 0 Å². The van der Waals surface area contributed by atoms with Gasteiger partial charge in [0.2, 0.25) is 5.91 Å². The van der Waals surface area contributed by atoms with Gasteiger partial charge >= 0.3 is 12.0 Å². The second kappa shape index (κ2) is 5.48. The highest BCUT2D eigenvalue weighted by Gasteiger charge is 2.29. The van der Waals surface area contributed by atoms with Crippen LogP contribution in [-0.4, -0.2) is 29.1 Å². The first-order valence-corrected chi connectivity index (χ1v) is 5.31. The summed E-state index contributed by atoms with van der Waals surface area (Å²) in [4.78, 5) is 32.5. The molecule has 0 aromatic carbocycles. The van der Waals surface area contributed by atoms with Crippen molar-refractivity contribution in [3.63, 3.8) is 0 Å². The van der Waals surface area contributed by atoms with Gasteiger partial charge in [0.1, 0.15) is 0 Å². The summed E-state index contributed by atoms with van der Waals surface area (Å²) in [5, 5.41) is 13.1. The first-order chi connectivity index (χ1) is 7.49. The maximum absolute atomic E-state index is 11.3. The van der Waals surface area contributed by atoms with E-state index in [4.69, 9.17) is 5.11 Å². The van der Waals surface area contributed by atoms with Gasteiger partial charge in [0.05, 0.1) is 6.42 Å². The smallest absolute Gasteiger partial charge is 0.321 e. The van der Waals surface area contributed by atoms with Crippen LogP contribution in [0.1, 0.15) is 32.6 Å². The molecule has 0 aromatic rings. The Kier molecular flexibility index (Phi) is 4.28. The average molecular weight is 228 g/mol. The molecule has 1 rings (SSSR count). The van der Waals surface area contributed by atoms with Crippen LogP contribution in [0.15, 0.2) is 0 Å². The fraction of sp³-hybridized carbons (Fsp3) is 0.700. The molecule has 0 aromatic heterocycles. The van der Waals surface area contributed by atoms with Gasteiger partial charge in [-0.05, 0) is 25.7 Å². The lowest BCUT2D eigenvalue weighted by Crippen LogP contribution is -2.44. The number of carbonyl (C=O) groups excluding carboxylic acids is 2. The van der Waals surface area contributed by atoms with Crippen molar-refractivity contribution >= 4 is 17.9 Å². The van der Waals surface area contributed by atoms with E-state index in [-0.39, 0.29) is 18.9 Å². The number of hydrogen-bond donors (Lipinski definition) is 3. The number of nitrogens with one attached hydrogen (secondary N) is 2. The summed E-state index contributed by atoms with van der Waals surface area (Å²) in [5.74, 6) is -1.11. The minimum absolute atomic E-state index is 0.0623. The minimum atomic E-state index is -1.05. The topological polar surface area (TPSA) is 95.5 Å². The second-order valence-corrected chi connectivity index (χ2v) is 4.04. The van der Waals surface area contributed by atoms with Gasteiger partial charge in [-0.1, -0.05) is 0 Å². The summed E-state index contributed by atoms with van der Waals surface area (Å²) in [7, 11) is 0. The summed E-state index contributed by atoms with van der Waals surface area (Å²) < 4.78 is 0. The third kappa shape index (κ3) is 4.77. The predicted molar refractivity (Wildman–Crippen MR) is 55.7 cm³/mol. The molecule has 16 heavy (non-hydrogen) atoms. The molecule has 0 bridgehead atoms. The van der Waals surface area contributed by atoms with Gasteiger partial charge in [-0.3, -0.25) is 14.9 Å². The Labute approximate surface area is 93.4 Å². The minimum Gasteiger partial charge on any atom is -0.481 e. The van der Waals surface area contributed by atoms with Crippen molar-refractivity contribution in [1.29, 1.82) is 0 Å². The first kappa shape index (κ1) is 12.5. The molecule has 1 unspecified atom stereocenters. The molecule has 1 saturated carbocycles.